The second-order valence-corrected chi connectivity index (χ2v) is 3.99. The number of nitrogens with two attached hydrogens (primary N) is 1. The Hall–Kier alpha value is -2.56. The first-order valence-corrected chi connectivity index (χ1v) is 5.66. The fraction of sp³-hybridized carbons (Fsp3) is 0.0769. The van der Waals surface area contributed by atoms with Crippen molar-refractivity contribution < 1.29 is 0 Å². The van der Waals surface area contributed by atoms with Crippen LogP contribution < -0.4 is 11.1 Å². The molecule has 3 N–H and O–H groups in total. The molecule has 5 nitrogen and oxygen atoms in total. The molecule has 18 heavy (non-hydrogen) atoms. The molecule has 0 saturated heterocycles. The normalized spacial score (nSPS) is 10.7. The third-order valence-corrected chi connectivity index (χ3v) is 2.83. The number of nitrogen functional groups attached to an aromatic ring is 1. The van der Waals surface area contributed by atoms with Gasteiger partial charge in [-0.05, 0) is 24.3 Å². The highest BCUT2D eigenvalue weighted by Gasteiger charge is 2.07. The number of hydrogen-bond donors (Lipinski definition) is 2. The number of hydrogen-bond acceptors (Lipinski definition) is 4. The van der Waals surface area contributed by atoms with Crippen molar-refractivity contribution in [1.29, 1.82) is 0 Å². The molecular weight excluding hydrogens is 226 g/mol. The van der Waals surface area contributed by atoms with Crippen LogP contribution in [0.4, 0.5) is 11.5 Å². The summed E-state index contributed by atoms with van der Waals surface area (Å²) in [5, 5.41) is 3.11. The van der Waals surface area contributed by atoms with Gasteiger partial charge in [0, 0.05) is 13.2 Å². The minimum absolute atomic E-state index is 0.507. The Kier molecular flexibility index (Phi) is 2.37. The molecule has 3 heterocycles. The Labute approximate surface area is 104 Å². The van der Waals surface area contributed by atoms with Gasteiger partial charge in [0.1, 0.15) is 11.5 Å². The summed E-state index contributed by atoms with van der Waals surface area (Å²) >= 11 is 0. The Morgan fingerprint density at radius 3 is 2.89 bits per heavy atom. The molecule has 0 aromatic carbocycles. The second-order valence-electron chi connectivity index (χ2n) is 3.99. The molecule has 0 atom stereocenters. The number of imidazole rings is 1. The van der Waals surface area contributed by atoms with Crippen molar-refractivity contribution in [2.24, 2.45) is 0 Å². The van der Waals surface area contributed by atoms with E-state index in [1.54, 1.807) is 12.3 Å². The minimum Gasteiger partial charge on any atom is -0.387 e. The summed E-state index contributed by atoms with van der Waals surface area (Å²) in [7, 11) is 1.89. The highest BCUT2D eigenvalue weighted by Crippen LogP contribution is 2.21. The van der Waals surface area contributed by atoms with Crippen LogP contribution in [0, 0.1) is 0 Å². The summed E-state index contributed by atoms with van der Waals surface area (Å²) in [5.74, 6) is 0.507. The first-order chi connectivity index (χ1) is 8.78. The molecule has 0 saturated carbocycles. The van der Waals surface area contributed by atoms with E-state index in [9.17, 15) is 0 Å². The lowest BCUT2D eigenvalue weighted by molar-refractivity contribution is 1.16. The van der Waals surface area contributed by atoms with Gasteiger partial charge in [0.15, 0.2) is 0 Å². The molecule has 0 spiro atoms. The van der Waals surface area contributed by atoms with Gasteiger partial charge >= 0.3 is 0 Å². The van der Waals surface area contributed by atoms with E-state index < -0.39 is 0 Å². The molecule has 0 fully saturated rings. The average Bonchev–Trinajstić information content (AvgIpc) is 2.81. The number of pyridine rings is 2. The van der Waals surface area contributed by atoms with E-state index in [0.717, 1.165) is 22.7 Å². The van der Waals surface area contributed by atoms with Crippen molar-refractivity contribution in [3.63, 3.8) is 0 Å². The molecule has 0 amide bonds. The van der Waals surface area contributed by atoms with E-state index >= 15 is 0 Å². The van der Waals surface area contributed by atoms with Crippen LogP contribution in [0.2, 0.25) is 0 Å². The van der Waals surface area contributed by atoms with Crippen LogP contribution in [0.15, 0.2) is 42.7 Å². The average molecular weight is 239 g/mol. The van der Waals surface area contributed by atoms with Crippen LogP contribution in [0.3, 0.4) is 0 Å². The lowest BCUT2D eigenvalue weighted by atomic mass is 10.3. The van der Waals surface area contributed by atoms with Crippen molar-refractivity contribution in [3.05, 3.63) is 42.7 Å². The van der Waals surface area contributed by atoms with E-state index in [-0.39, 0.29) is 0 Å². The number of rotatable bonds is 2. The van der Waals surface area contributed by atoms with Crippen molar-refractivity contribution in [1.82, 2.24) is 14.4 Å². The van der Waals surface area contributed by atoms with Crippen LogP contribution in [0.1, 0.15) is 0 Å². The Morgan fingerprint density at radius 1 is 1.22 bits per heavy atom. The van der Waals surface area contributed by atoms with Gasteiger partial charge in [0.2, 0.25) is 0 Å². The summed E-state index contributed by atoms with van der Waals surface area (Å²) in [6.07, 6.45) is 3.79. The molecule has 0 aliphatic rings. The first kappa shape index (κ1) is 10.6. The van der Waals surface area contributed by atoms with E-state index in [0.29, 0.717) is 5.82 Å². The van der Waals surface area contributed by atoms with Gasteiger partial charge in [-0.15, -0.1) is 0 Å². The van der Waals surface area contributed by atoms with Crippen molar-refractivity contribution in [2.45, 2.75) is 0 Å². The van der Waals surface area contributed by atoms with Gasteiger partial charge in [0.25, 0.3) is 0 Å². The van der Waals surface area contributed by atoms with Gasteiger partial charge < -0.3 is 11.1 Å². The molecule has 3 aromatic rings. The maximum absolute atomic E-state index is 5.71. The fourth-order valence-electron chi connectivity index (χ4n) is 1.91. The number of aromatic nitrogens is 3. The molecule has 0 radical (unpaired) electrons. The van der Waals surface area contributed by atoms with Crippen molar-refractivity contribution in [2.75, 3.05) is 18.1 Å². The standard InChI is InChI=1S/C13H13N5/c1-15-9-5-6-13-16-7-11(18(13)8-9)10-3-2-4-12(14)17-10/h2-8,15H,1H3,(H2,14,17). The van der Waals surface area contributed by atoms with Crippen molar-refractivity contribution in [3.8, 4) is 11.4 Å². The molecular formula is C13H13N5. The molecule has 3 rings (SSSR count). The van der Waals surface area contributed by atoms with Crippen LogP contribution in [0.5, 0.6) is 0 Å². The maximum Gasteiger partial charge on any atom is 0.137 e. The van der Waals surface area contributed by atoms with Crippen LogP contribution in [0.25, 0.3) is 17.0 Å². The second kappa shape index (κ2) is 4.03. The molecule has 0 aliphatic heterocycles. The Morgan fingerprint density at radius 2 is 2.11 bits per heavy atom. The van der Waals surface area contributed by atoms with E-state index in [2.05, 4.69) is 15.3 Å². The predicted octanol–water partition coefficient (Wildman–Crippen LogP) is 2.02. The third-order valence-electron chi connectivity index (χ3n) is 2.83. The maximum atomic E-state index is 5.71. The number of nitrogens with one attached hydrogen (secondary N) is 1. The zero-order valence-corrected chi connectivity index (χ0v) is 9.96. The minimum atomic E-state index is 0.507. The van der Waals surface area contributed by atoms with Gasteiger partial charge in [-0.3, -0.25) is 4.40 Å². The first-order valence-electron chi connectivity index (χ1n) is 5.66. The Balaban J connectivity index is 2.22. The van der Waals surface area contributed by atoms with Crippen LogP contribution >= 0.6 is 0 Å². The monoisotopic (exact) mass is 239 g/mol. The molecule has 5 heteroatoms. The van der Waals surface area contributed by atoms with E-state index in [1.165, 1.54) is 0 Å². The summed E-state index contributed by atoms with van der Waals surface area (Å²) < 4.78 is 1.99. The fourth-order valence-corrected chi connectivity index (χ4v) is 1.91. The third kappa shape index (κ3) is 1.66. The molecule has 3 aromatic heterocycles. The lowest BCUT2D eigenvalue weighted by Crippen LogP contribution is -1.96. The summed E-state index contributed by atoms with van der Waals surface area (Å²) in [5.41, 5.74) is 9.35. The summed E-state index contributed by atoms with van der Waals surface area (Å²) in [4.78, 5) is 8.67. The summed E-state index contributed by atoms with van der Waals surface area (Å²) in [6, 6.07) is 9.52. The molecule has 0 unspecified atom stereocenters. The zero-order valence-electron chi connectivity index (χ0n) is 9.96. The van der Waals surface area contributed by atoms with Crippen LogP contribution in [-0.2, 0) is 0 Å². The number of nitrogens with zero attached hydrogens (tertiary/aromatic N) is 3. The predicted molar refractivity (Wildman–Crippen MR) is 72.4 cm³/mol. The SMILES string of the molecule is CNc1ccc2ncc(-c3cccc(N)n3)n2c1. The largest absolute Gasteiger partial charge is 0.387 e. The van der Waals surface area contributed by atoms with E-state index in [4.69, 9.17) is 5.73 Å². The summed E-state index contributed by atoms with van der Waals surface area (Å²) in [6.45, 7) is 0. The topological polar surface area (TPSA) is 68.2 Å². The van der Waals surface area contributed by atoms with E-state index in [1.807, 2.05) is 41.9 Å². The highest BCUT2D eigenvalue weighted by molar-refractivity contribution is 5.63. The van der Waals surface area contributed by atoms with Gasteiger partial charge in [-0.1, -0.05) is 6.07 Å². The van der Waals surface area contributed by atoms with Crippen LogP contribution in [-0.4, -0.2) is 21.4 Å². The highest BCUT2D eigenvalue weighted by atomic mass is 15.0. The van der Waals surface area contributed by atoms with Crippen molar-refractivity contribution >= 4 is 17.2 Å². The number of fused-ring (bicyclic) bond motifs is 1. The lowest BCUT2D eigenvalue weighted by Gasteiger charge is -2.04. The Bertz CT molecular complexity index is 701. The molecule has 0 aliphatic carbocycles. The molecule has 90 valence electrons. The smallest absolute Gasteiger partial charge is 0.137 e. The van der Waals surface area contributed by atoms with Gasteiger partial charge in [0.05, 0.1) is 23.3 Å². The van der Waals surface area contributed by atoms with Gasteiger partial charge in [-0.25, -0.2) is 9.97 Å². The molecule has 0 bridgehead atoms. The zero-order chi connectivity index (χ0) is 12.5. The van der Waals surface area contributed by atoms with Gasteiger partial charge in [-0.2, -0.15) is 0 Å². The quantitative estimate of drug-likeness (QED) is 0.718. The number of anilines is 2.